The topological polar surface area (TPSA) is 72.2 Å². The molecule has 0 fully saturated rings. The van der Waals surface area contributed by atoms with E-state index in [1.54, 1.807) is 0 Å². The van der Waals surface area contributed by atoms with Crippen molar-refractivity contribution in [3.63, 3.8) is 0 Å². The molecule has 0 spiro atoms. The van der Waals surface area contributed by atoms with E-state index < -0.39 is 27.3 Å². The summed E-state index contributed by atoms with van der Waals surface area (Å²) in [5.41, 5.74) is 4.58. The number of nitrogens with one attached hydrogen (secondary N) is 1. The van der Waals surface area contributed by atoms with Crippen LogP contribution < -0.4 is 10.5 Å². The SMILES string of the molecule is Nc1ccc(F)c(F)c1NS(=O)(=O)c1cccc(Cl)c1. The molecule has 0 saturated carbocycles. The highest BCUT2D eigenvalue weighted by atomic mass is 35.5. The molecule has 0 saturated heterocycles. The smallest absolute Gasteiger partial charge is 0.262 e. The van der Waals surface area contributed by atoms with Crippen LogP contribution in [0.3, 0.4) is 0 Å². The number of sulfonamides is 1. The molecule has 8 heteroatoms. The summed E-state index contributed by atoms with van der Waals surface area (Å²) >= 11 is 5.69. The Morgan fingerprint density at radius 1 is 1.15 bits per heavy atom. The summed E-state index contributed by atoms with van der Waals surface area (Å²) in [6.45, 7) is 0. The van der Waals surface area contributed by atoms with E-state index in [9.17, 15) is 17.2 Å². The van der Waals surface area contributed by atoms with Crippen LogP contribution in [-0.2, 0) is 10.0 Å². The molecule has 0 bridgehead atoms. The van der Waals surface area contributed by atoms with Gasteiger partial charge < -0.3 is 5.73 Å². The number of benzene rings is 2. The average molecular weight is 319 g/mol. The molecule has 0 unspecified atom stereocenters. The molecule has 20 heavy (non-hydrogen) atoms. The van der Waals surface area contributed by atoms with Gasteiger partial charge in [0.1, 0.15) is 5.69 Å². The monoisotopic (exact) mass is 318 g/mol. The molecule has 2 aromatic rings. The van der Waals surface area contributed by atoms with Crippen LogP contribution in [-0.4, -0.2) is 8.42 Å². The standard InChI is InChI=1S/C12H9ClF2N2O2S/c13-7-2-1-3-8(6-7)20(18,19)17-12-10(16)5-4-9(14)11(12)15/h1-6,17H,16H2. The summed E-state index contributed by atoms with van der Waals surface area (Å²) in [6, 6.07) is 7.22. The zero-order valence-corrected chi connectivity index (χ0v) is 11.5. The number of hydrogen-bond donors (Lipinski definition) is 2. The van der Waals surface area contributed by atoms with E-state index in [4.69, 9.17) is 17.3 Å². The molecule has 0 amide bonds. The summed E-state index contributed by atoms with van der Waals surface area (Å²) in [5, 5.41) is 0.195. The van der Waals surface area contributed by atoms with Gasteiger partial charge in [-0.25, -0.2) is 17.2 Å². The van der Waals surface area contributed by atoms with E-state index in [1.807, 2.05) is 4.72 Å². The minimum absolute atomic E-state index is 0.187. The lowest BCUT2D eigenvalue weighted by atomic mass is 10.2. The molecule has 0 aliphatic heterocycles. The molecule has 0 atom stereocenters. The van der Waals surface area contributed by atoms with E-state index in [-0.39, 0.29) is 15.6 Å². The number of anilines is 2. The third kappa shape index (κ3) is 2.83. The van der Waals surface area contributed by atoms with Crippen LogP contribution >= 0.6 is 11.6 Å². The Hall–Kier alpha value is -1.86. The first-order chi connectivity index (χ1) is 9.31. The van der Waals surface area contributed by atoms with Crippen LogP contribution in [0.2, 0.25) is 5.02 Å². The van der Waals surface area contributed by atoms with Crippen molar-refractivity contribution < 1.29 is 17.2 Å². The zero-order valence-electron chi connectivity index (χ0n) is 9.90. The largest absolute Gasteiger partial charge is 0.397 e. The highest BCUT2D eigenvalue weighted by Crippen LogP contribution is 2.27. The van der Waals surface area contributed by atoms with Crippen molar-refractivity contribution in [3.05, 3.63) is 53.1 Å². The van der Waals surface area contributed by atoms with Crippen LogP contribution in [0.4, 0.5) is 20.2 Å². The van der Waals surface area contributed by atoms with E-state index in [0.717, 1.165) is 12.1 Å². The maximum atomic E-state index is 13.6. The summed E-state index contributed by atoms with van der Waals surface area (Å²) in [4.78, 5) is -0.187. The third-order valence-corrected chi connectivity index (χ3v) is 4.05. The first kappa shape index (κ1) is 14.5. The number of nitrogen functional groups attached to an aromatic ring is 1. The van der Waals surface area contributed by atoms with Crippen LogP contribution in [0.5, 0.6) is 0 Å². The molecule has 0 aliphatic rings. The molecule has 0 aliphatic carbocycles. The number of nitrogens with two attached hydrogens (primary N) is 1. The molecule has 3 N–H and O–H groups in total. The van der Waals surface area contributed by atoms with Gasteiger partial charge in [0, 0.05) is 5.02 Å². The Bertz CT molecular complexity index is 766. The first-order valence-corrected chi connectivity index (χ1v) is 7.19. The fourth-order valence-electron chi connectivity index (χ4n) is 1.50. The first-order valence-electron chi connectivity index (χ1n) is 5.33. The van der Waals surface area contributed by atoms with Gasteiger partial charge in [0.05, 0.1) is 10.6 Å². The van der Waals surface area contributed by atoms with Crippen molar-refractivity contribution in [2.24, 2.45) is 0 Å². The second-order valence-electron chi connectivity index (χ2n) is 3.89. The minimum Gasteiger partial charge on any atom is -0.397 e. The van der Waals surface area contributed by atoms with Gasteiger partial charge in [-0.3, -0.25) is 4.72 Å². The molecular weight excluding hydrogens is 310 g/mol. The second-order valence-corrected chi connectivity index (χ2v) is 6.01. The van der Waals surface area contributed by atoms with Crippen LogP contribution in [0.25, 0.3) is 0 Å². The van der Waals surface area contributed by atoms with Crippen molar-refractivity contribution in [2.45, 2.75) is 4.90 Å². The van der Waals surface area contributed by atoms with Gasteiger partial charge in [0.15, 0.2) is 11.6 Å². The lowest BCUT2D eigenvalue weighted by Gasteiger charge is -2.11. The minimum atomic E-state index is -4.12. The zero-order chi connectivity index (χ0) is 14.9. The van der Waals surface area contributed by atoms with Crippen molar-refractivity contribution in [1.82, 2.24) is 0 Å². The Morgan fingerprint density at radius 3 is 2.50 bits per heavy atom. The Morgan fingerprint density at radius 2 is 1.85 bits per heavy atom. The molecule has 2 aromatic carbocycles. The summed E-state index contributed by atoms with van der Waals surface area (Å²) in [6.07, 6.45) is 0. The van der Waals surface area contributed by atoms with Crippen LogP contribution in [0, 0.1) is 11.6 Å². The molecule has 106 valence electrons. The van der Waals surface area contributed by atoms with E-state index in [0.29, 0.717) is 0 Å². The summed E-state index contributed by atoms with van der Waals surface area (Å²) in [7, 11) is -4.12. The normalized spacial score (nSPS) is 11.3. The lowest BCUT2D eigenvalue weighted by Crippen LogP contribution is -2.15. The highest BCUT2D eigenvalue weighted by Gasteiger charge is 2.20. The molecular formula is C12H9ClF2N2O2S. The van der Waals surface area contributed by atoms with Gasteiger partial charge in [0.25, 0.3) is 10.0 Å². The van der Waals surface area contributed by atoms with Gasteiger partial charge in [-0.1, -0.05) is 17.7 Å². The predicted octanol–water partition coefficient (Wildman–Crippen LogP) is 3.00. The Balaban J connectivity index is 2.47. The van der Waals surface area contributed by atoms with Crippen molar-refractivity contribution in [3.8, 4) is 0 Å². The number of hydrogen-bond acceptors (Lipinski definition) is 3. The Kier molecular flexibility index (Phi) is 3.82. The van der Waals surface area contributed by atoms with Gasteiger partial charge in [-0.15, -0.1) is 0 Å². The van der Waals surface area contributed by atoms with Crippen molar-refractivity contribution in [1.29, 1.82) is 0 Å². The van der Waals surface area contributed by atoms with Gasteiger partial charge in [-0.2, -0.15) is 0 Å². The quantitative estimate of drug-likeness (QED) is 0.854. The molecule has 2 rings (SSSR count). The highest BCUT2D eigenvalue weighted by molar-refractivity contribution is 7.92. The lowest BCUT2D eigenvalue weighted by molar-refractivity contribution is 0.512. The number of rotatable bonds is 3. The van der Waals surface area contributed by atoms with Crippen LogP contribution in [0.1, 0.15) is 0 Å². The second kappa shape index (κ2) is 5.26. The van der Waals surface area contributed by atoms with Gasteiger partial charge in [-0.05, 0) is 30.3 Å². The average Bonchev–Trinajstić information content (AvgIpc) is 2.39. The summed E-state index contributed by atoms with van der Waals surface area (Å²) in [5.74, 6) is -2.57. The van der Waals surface area contributed by atoms with Gasteiger partial charge >= 0.3 is 0 Å². The Labute approximate surface area is 119 Å². The van der Waals surface area contributed by atoms with E-state index >= 15 is 0 Å². The van der Waals surface area contributed by atoms with Crippen molar-refractivity contribution >= 4 is 33.0 Å². The van der Waals surface area contributed by atoms with E-state index in [2.05, 4.69) is 0 Å². The van der Waals surface area contributed by atoms with Crippen LogP contribution in [0.15, 0.2) is 41.3 Å². The van der Waals surface area contributed by atoms with Crippen molar-refractivity contribution in [2.75, 3.05) is 10.5 Å². The van der Waals surface area contributed by atoms with E-state index in [1.165, 1.54) is 24.3 Å². The molecule has 0 aromatic heterocycles. The predicted molar refractivity (Wildman–Crippen MR) is 73.0 cm³/mol. The molecule has 0 heterocycles. The maximum Gasteiger partial charge on any atom is 0.262 e. The molecule has 0 radical (unpaired) electrons. The fraction of sp³-hybridized carbons (Fsp3) is 0. The summed E-state index contributed by atoms with van der Waals surface area (Å²) < 4.78 is 52.7. The third-order valence-electron chi connectivity index (χ3n) is 2.47. The fourth-order valence-corrected chi connectivity index (χ4v) is 2.89. The maximum absolute atomic E-state index is 13.6. The molecule has 4 nitrogen and oxygen atoms in total. The number of halogens is 3. The van der Waals surface area contributed by atoms with Gasteiger partial charge in [0.2, 0.25) is 0 Å².